The van der Waals surface area contributed by atoms with Crippen LogP contribution in [0.15, 0.2) is 46.9 Å². The first-order valence-electron chi connectivity index (χ1n) is 6.43. The Bertz CT molecular complexity index is 629. The number of carbonyl (C=O) groups excluding carboxylic acids is 1. The van der Waals surface area contributed by atoms with Crippen molar-refractivity contribution < 1.29 is 13.9 Å². The molecule has 5 heteroatoms. The molecule has 0 bridgehead atoms. The van der Waals surface area contributed by atoms with Crippen LogP contribution in [0, 0.1) is 5.82 Å². The average Bonchev–Trinajstić information content (AvgIpc) is 2.48. The van der Waals surface area contributed by atoms with Gasteiger partial charge in [-0.05, 0) is 30.7 Å². The molecular formula is C16H13BrClFO2. The Morgan fingerprint density at radius 1 is 1.19 bits per heavy atom. The first-order valence-corrected chi connectivity index (χ1v) is 7.60. The number of rotatable bonds is 6. The number of halogens is 3. The molecular weight excluding hydrogens is 359 g/mol. The zero-order chi connectivity index (χ0) is 15.2. The molecule has 0 fully saturated rings. The fraction of sp³-hybridized carbons (Fsp3) is 0.188. The summed E-state index contributed by atoms with van der Waals surface area (Å²) in [6.45, 7) is 0.263. The topological polar surface area (TPSA) is 26.3 Å². The summed E-state index contributed by atoms with van der Waals surface area (Å²) in [4.78, 5) is 11.9. The van der Waals surface area contributed by atoms with E-state index in [0.29, 0.717) is 18.4 Å². The molecule has 0 spiro atoms. The summed E-state index contributed by atoms with van der Waals surface area (Å²) in [6.07, 6.45) is 0.866. The monoisotopic (exact) mass is 370 g/mol. The molecule has 2 aromatic rings. The molecule has 110 valence electrons. The molecule has 0 saturated heterocycles. The molecule has 0 aliphatic heterocycles. The van der Waals surface area contributed by atoms with Crippen LogP contribution in [-0.2, 0) is 0 Å². The van der Waals surface area contributed by atoms with Crippen LogP contribution in [0.3, 0.4) is 0 Å². The lowest BCUT2D eigenvalue weighted by atomic mass is 10.1. The van der Waals surface area contributed by atoms with Crippen molar-refractivity contribution in [2.75, 3.05) is 6.61 Å². The van der Waals surface area contributed by atoms with Gasteiger partial charge in [0.2, 0.25) is 0 Å². The maximum Gasteiger partial charge on any atom is 0.183 e. The van der Waals surface area contributed by atoms with Crippen LogP contribution in [0.2, 0.25) is 5.02 Å². The Balaban J connectivity index is 1.80. The third-order valence-electron chi connectivity index (χ3n) is 2.89. The van der Waals surface area contributed by atoms with Crippen molar-refractivity contribution in [1.82, 2.24) is 0 Å². The van der Waals surface area contributed by atoms with Crippen LogP contribution in [0.25, 0.3) is 0 Å². The van der Waals surface area contributed by atoms with E-state index in [1.165, 1.54) is 12.1 Å². The van der Waals surface area contributed by atoms with E-state index in [-0.39, 0.29) is 23.2 Å². The first-order chi connectivity index (χ1) is 10.1. The maximum atomic E-state index is 13.6. The normalized spacial score (nSPS) is 10.4. The molecule has 0 aliphatic rings. The smallest absolute Gasteiger partial charge is 0.183 e. The molecule has 0 amide bonds. The van der Waals surface area contributed by atoms with Crippen LogP contribution in [0.1, 0.15) is 23.2 Å². The number of hydrogen-bond acceptors (Lipinski definition) is 2. The zero-order valence-electron chi connectivity index (χ0n) is 11.1. The molecule has 0 unspecified atom stereocenters. The van der Waals surface area contributed by atoms with Gasteiger partial charge in [-0.3, -0.25) is 4.79 Å². The zero-order valence-corrected chi connectivity index (χ0v) is 13.5. The Kier molecular flexibility index (Phi) is 5.76. The highest BCUT2D eigenvalue weighted by atomic mass is 79.9. The van der Waals surface area contributed by atoms with E-state index in [2.05, 4.69) is 15.9 Å². The molecule has 2 rings (SSSR count). The third kappa shape index (κ3) is 4.55. The minimum absolute atomic E-state index is 0.0263. The fourth-order valence-electron chi connectivity index (χ4n) is 1.79. The Hall–Kier alpha value is -1.39. The SMILES string of the molecule is O=C(CCCOc1cccc(Cl)c1F)c1ccc(Br)cc1. The second kappa shape index (κ2) is 7.57. The predicted octanol–water partition coefficient (Wildman–Crippen LogP) is 5.28. The minimum atomic E-state index is -0.571. The van der Waals surface area contributed by atoms with E-state index in [1.807, 2.05) is 12.1 Å². The number of Topliss-reactive ketones (excluding diaryl/α,β-unsaturated/α-hetero) is 1. The van der Waals surface area contributed by atoms with E-state index < -0.39 is 5.82 Å². The van der Waals surface area contributed by atoms with Gasteiger partial charge in [0.1, 0.15) is 0 Å². The van der Waals surface area contributed by atoms with Crippen molar-refractivity contribution in [3.63, 3.8) is 0 Å². The van der Waals surface area contributed by atoms with E-state index in [9.17, 15) is 9.18 Å². The Morgan fingerprint density at radius 3 is 2.62 bits per heavy atom. The lowest BCUT2D eigenvalue weighted by Gasteiger charge is -2.07. The van der Waals surface area contributed by atoms with Crippen LogP contribution >= 0.6 is 27.5 Å². The summed E-state index contributed by atoms with van der Waals surface area (Å²) < 4.78 is 19.8. The van der Waals surface area contributed by atoms with Crippen molar-refractivity contribution in [1.29, 1.82) is 0 Å². The maximum absolute atomic E-state index is 13.6. The standard InChI is InChI=1S/C16H13BrClFO2/c17-12-8-6-11(7-9-12)14(20)4-2-10-21-15-5-1-3-13(18)16(15)19/h1,3,5-9H,2,4,10H2. The second-order valence-corrected chi connectivity index (χ2v) is 5.76. The highest BCUT2D eigenvalue weighted by Gasteiger charge is 2.08. The average molecular weight is 372 g/mol. The quantitative estimate of drug-likeness (QED) is 0.510. The highest BCUT2D eigenvalue weighted by Crippen LogP contribution is 2.24. The molecule has 0 heterocycles. The number of carbonyl (C=O) groups is 1. The van der Waals surface area contributed by atoms with Crippen LogP contribution in [0.4, 0.5) is 4.39 Å². The summed E-state index contributed by atoms with van der Waals surface area (Å²) in [7, 11) is 0. The van der Waals surface area contributed by atoms with E-state index in [1.54, 1.807) is 18.2 Å². The number of ether oxygens (including phenoxy) is 1. The first kappa shape index (κ1) is 16.0. The van der Waals surface area contributed by atoms with Gasteiger partial charge in [-0.25, -0.2) is 4.39 Å². The van der Waals surface area contributed by atoms with Crippen LogP contribution in [-0.4, -0.2) is 12.4 Å². The largest absolute Gasteiger partial charge is 0.490 e. The van der Waals surface area contributed by atoms with Gasteiger partial charge in [-0.1, -0.05) is 45.7 Å². The molecule has 0 saturated carbocycles. The van der Waals surface area contributed by atoms with Crippen molar-refractivity contribution in [2.45, 2.75) is 12.8 Å². The van der Waals surface area contributed by atoms with Gasteiger partial charge in [0.15, 0.2) is 17.3 Å². The summed E-state index contributed by atoms with van der Waals surface area (Å²) in [6, 6.07) is 11.8. The Morgan fingerprint density at radius 2 is 1.90 bits per heavy atom. The number of benzene rings is 2. The van der Waals surface area contributed by atoms with Gasteiger partial charge in [0.05, 0.1) is 11.6 Å². The lowest BCUT2D eigenvalue weighted by molar-refractivity contribution is 0.0973. The summed E-state index contributed by atoms with van der Waals surface area (Å²) >= 11 is 8.98. The number of ketones is 1. The van der Waals surface area contributed by atoms with Gasteiger partial charge in [0.25, 0.3) is 0 Å². The molecule has 0 aliphatic carbocycles. The second-order valence-electron chi connectivity index (χ2n) is 4.43. The summed E-state index contributed by atoms with van der Waals surface area (Å²) in [5.41, 5.74) is 0.659. The molecule has 0 N–H and O–H groups in total. The van der Waals surface area contributed by atoms with Gasteiger partial charge in [-0.15, -0.1) is 0 Å². The van der Waals surface area contributed by atoms with Gasteiger partial charge >= 0.3 is 0 Å². The van der Waals surface area contributed by atoms with Gasteiger partial charge in [-0.2, -0.15) is 0 Å². The van der Waals surface area contributed by atoms with E-state index >= 15 is 0 Å². The van der Waals surface area contributed by atoms with Gasteiger partial charge < -0.3 is 4.74 Å². The third-order valence-corrected chi connectivity index (χ3v) is 3.71. The highest BCUT2D eigenvalue weighted by molar-refractivity contribution is 9.10. The van der Waals surface area contributed by atoms with Crippen LogP contribution < -0.4 is 4.74 Å². The molecule has 2 aromatic carbocycles. The molecule has 21 heavy (non-hydrogen) atoms. The van der Waals surface area contributed by atoms with Crippen LogP contribution in [0.5, 0.6) is 5.75 Å². The molecule has 2 nitrogen and oxygen atoms in total. The summed E-state index contributed by atoms with van der Waals surface area (Å²) in [5, 5.41) is 0.0263. The Labute approximate surface area is 136 Å². The van der Waals surface area contributed by atoms with Crippen molar-refractivity contribution >= 4 is 33.3 Å². The summed E-state index contributed by atoms with van der Waals surface area (Å²) in [5.74, 6) is -0.422. The van der Waals surface area contributed by atoms with E-state index in [0.717, 1.165) is 4.47 Å². The van der Waals surface area contributed by atoms with Crippen molar-refractivity contribution in [3.05, 3.63) is 63.3 Å². The number of hydrogen-bond donors (Lipinski definition) is 0. The lowest BCUT2D eigenvalue weighted by Crippen LogP contribution is -2.04. The molecule has 0 radical (unpaired) electrons. The fourth-order valence-corrected chi connectivity index (χ4v) is 2.22. The molecule has 0 atom stereocenters. The minimum Gasteiger partial charge on any atom is -0.490 e. The molecule has 0 aromatic heterocycles. The van der Waals surface area contributed by atoms with Gasteiger partial charge in [0, 0.05) is 16.5 Å². The van der Waals surface area contributed by atoms with Crippen molar-refractivity contribution in [3.8, 4) is 5.75 Å². The predicted molar refractivity (Wildman–Crippen MR) is 84.6 cm³/mol. The van der Waals surface area contributed by atoms with E-state index in [4.69, 9.17) is 16.3 Å². The van der Waals surface area contributed by atoms with Crippen molar-refractivity contribution in [2.24, 2.45) is 0 Å².